The Morgan fingerprint density at radius 3 is 2.56 bits per heavy atom. The van der Waals surface area contributed by atoms with Crippen molar-refractivity contribution in [3.8, 4) is 6.07 Å². The molecule has 0 aliphatic rings. The van der Waals surface area contributed by atoms with Crippen molar-refractivity contribution in [3.05, 3.63) is 57.6 Å². The molecule has 0 aliphatic heterocycles. The number of nitro benzene ring substituents is 1. The Balaban J connectivity index is 2.17. The van der Waals surface area contributed by atoms with Gasteiger partial charge in [0.2, 0.25) is 0 Å². The van der Waals surface area contributed by atoms with Crippen LogP contribution in [0.15, 0.2) is 52.7 Å². The van der Waals surface area contributed by atoms with E-state index in [2.05, 4.69) is 21.2 Å². The summed E-state index contributed by atoms with van der Waals surface area (Å²) in [4.78, 5) is 12.6. The largest absolute Gasteiger partial charge is 0.371 e. The van der Waals surface area contributed by atoms with Gasteiger partial charge in [0.15, 0.2) is 5.69 Å². The number of halogens is 1. The molecule has 0 amide bonds. The van der Waals surface area contributed by atoms with E-state index < -0.39 is 4.92 Å². The number of hydrogen-bond donors (Lipinski definition) is 0. The molecule has 0 aromatic heterocycles. The van der Waals surface area contributed by atoms with Crippen LogP contribution in [0.1, 0.15) is 13.3 Å². The van der Waals surface area contributed by atoms with Gasteiger partial charge in [0, 0.05) is 29.9 Å². The van der Waals surface area contributed by atoms with E-state index in [9.17, 15) is 10.1 Å². The molecule has 128 valence electrons. The molecule has 0 saturated carbocycles. The molecule has 2 aromatic rings. The zero-order chi connectivity index (χ0) is 18.2. The van der Waals surface area contributed by atoms with Crippen molar-refractivity contribution < 1.29 is 4.92 Å². The van der Waals surface area contributed by atoms with E-state index in [4.69, 9.17) is 16.9 Å². The van der Waals surface area contributed by atoms with Gasteiger partial charge < -0.3 is 4.90 Å². The normalized spacial score (nSPS) is 10.6. The molecule has 0 spiro atoms. The minimum atomic E-state index is -0.544. The minimum Gasteiger partial charge on any atom is -0.371 e. The quantitative estimate of drug-likeness (QED) is 0.376. The molecule has 7 nitrogen and oxygen atoms in total. The van der Waals surface area contributed by atoms with E-state index in [1.807, 2.05) is 19.1 Å². The van der Waals surface area contributed by atoms with Crippen molar-refractivity contribution in [2.75, 3.05) is 18.0 Å². The first-order valence-corrected chi connectivity index (χ1v) is 8.00. The van der Waals surface area contributed by atoms with Gasteiger partial charge in [-0.15, -0.1) is 5.11 Å². The molecule has 2 aromatic carbocycles. The molecular weight excluding hydrogens is 342 g/mol. The van der Waals surface area contributed by atoms with Gasteiger partial charge in [-0.3, -0.25) is 10.1 Å². The topological polar surface area (TPSA) is 94.9 Å². The molecule has 0 aliphatic carbocycles. The summed E-state index contributed by atoms with van der Waals surface area (Å²) in [5.41, 5.74) is 1.50. The summed E-state index contributed by atoms with van der Waals surface area (Å²) >= 11 is 5.77. The first-order valence-electron chi connectivity index (χ1n) is 7.62. The van der Waals surface area contributed by atoms with Crippen LogP contribution in [-0.4, -0.2) is 18.0 Å². The van der Waals surface area contributed by atoms with Crippen LogP contribution in [0.5, 0.6) is 0 Å². The number of hydrogen-bond acceptors (Lipinski definition) is 6. The van der Waals surface area contributed by atoms with Crippen LogP contribution in [0.25, 0.3) is 0 Å². The third-order valence-corrected chi connectivity index (χ3v) is 3.73. The lowest BCUT2D eigenvalue weighted by Gasteiger charge is -2.21. The highest BCUT2D eigenvalue weighted by atomic mass is 35.5. The average molecular weight is 358 g/mol. The number of azo groups is 1. The van der Waals surface area contributed by atoms with Gasteiger partial charge >= 0.3 is 0 Å². The summed E-state index contributed by atoms with van der Waals surface area (Å²) in [7, 11) is 0. The number of nitriles is 1. The van der Waals surface area contributed by atoms with Crippen molar-refractivity contribution in [3.63, 3.8) is 0 Å². The van der Waals surface area contributed by atoms with Crippen molar-refractivity contribution in [1.82, 2.24) is 0 Å². The molecule has 0 radical (unpaired) electrons. The van der Waals surface area contributed by atoms with Crippen LogP contribution in [0.3, 0.4) is 0 Å². The lowest BCUT2D eigenvalue weighted by Crippen LogP contribution is -2.23. The molecule has 0 atom stereocenters. The Kier molecular flexibility index (Phi) is 6.43. The van der Waals surface area contributed by atoms with Gasteiger partial charge in [-0.25, -0.2) is 0 Å². The molecule has 25 heavy (non-hydrogen) atoms. The third kappa shape index (κ3) is 4.99. The molecule has 0 saturated heterocycles. The van der Waals surface area contributed by atoms with Crippen LogP contribution in [0.4, 0.5) is 22.7 Å². The standard InChI is InChI=1S/C17H16ClN5O2/c1-2-22(11-3-10-19)15-7-5-14(6-8-15)20-21-16-9-4-13(18)12-17(16)23(24)25/h4-9,12H,2-3,11H2,1H3. The molecule has 0 heterocycles. The van der Waals surface area contributed by atoms with Crippen LogP contribution < -0.4 is 4.90 Å². The maximum atomic E-state index is 11.0. The van der Waals surface area contributed by atoms with E-state index in [-0.39, 0.29) is 16.4 Å². The Bertz CT molecular complexity index is 815. The predicted octanol–water partition coefficient (Wildman–Crippen LogP) is 5.40. The van der Waals surface area contributed by atoms with Crippen LogP contribution in [0.2, 0.25) is 5.02 Å². The van der Waals surface area contributed by atoms with Crippen LogP contribution >= 0.6 is 11.6 Å². The molecule has 0 unspecified atom stereocenters. The number of nitro groups is 1. The summed E-state index contributed by atoms with van der Waals surface area (Å²) in [6.45, 7) is 3.47. The second-order valence-corrected chi connectivity index (χ2v) is 5.53. The average Bonchev–Trinajstić information content (AvgIpc) is 2.62. The SMILES string of the molecule is CCN(CCC#N)c1ccc(N=Nc2ccc(Cl)cc2[N+](=O)[O-])cc1. The van der Waals surface area contributed by atoms with E-state index in [1.165, 1.54) is 18.2 Å². The summed E-state index contributed by atoms with van der Waals surface area (Å²) in [5, 5.41) is 28.0. The lowest BCUT2D eigenvalue weighted by molar-refractivity contribution is -0.384. The Morgan fingerprint density at radius 1 is 1.24 bits per heavy atom. The summed E-state index contributed by atoms with van der Waals surface area (Å²) in [5.74, 6) is 0. The van der Waals surface area contributed by atoms with Crippen molar-refractivity contribution >= 4 is 34.4 Å². The lowest BCUT2D eigenvalue weighted by atomic mass is 10.2. The molecule has 8 heteroatoms. The van der Waals surface area contributed by atoms with E-state index in [1.54, 1.807) is 12.1 Å². The molecular formula is C17H16ClN5O2. The molecule has 0 bridgehead atoms. The van der Waals surface area contributed by atoms with E-state index in [0.29, 0.717) is 18.7 Å². The zero-order valence-corrected chi connectivity index (χ0v) is 14.3. The number of rotatable bonds is 7. The van der Waals surface area contributed by atoms with Gasteiger partial charge in [0.05, 0.1) is 23.1 Å². The number of benzene rings is 2. The van der Waals surface area contributed by atoms with Gasteiger partial charge in [0.25, 0.3) is 5.69 Å². The number of nitrogens with zero attached hydrogens (tertiary/aromatic N) is 5. The zero-order valence-electron chi connectivity index (χ0n) is 13.6. The third-order valence-electron chi connectivity index (χ3n) is 3.50. The molecule has 2 rings (SSSR count). The fourth-order valence-corrected chi connectivity index (χ4v) is 2.39. The van der Waals surface area contributed by atoms with Gasteiger partial charge in [-0.1, -0.05) is 11.6 Å². The maximum absolute atomic E-state index is 11.0. The minimum absolute atomic E-state index is 0.141. The van der Waals surface area contributed by atoms with Crippen molar-refractivity contribution in [1.29, 1.82) is 5.26 Å². The fraction of sp³-hybridized carbons (Fsp3) is 0.235. The Labute approximate surface area is 150 Å². The monoisotopic (exact) mass is 357 g/mol. The summed E-state index contributed by atoms with van der Waals surface area (Å²) in [6.07, 6.45) is 0.454. The first kappa shape index (κ1) is 18.4. The Morgan fingerprint density at radius 2 is 1.96 bits per heavy atom. The van der Waals surface area contributed by atoms with Crippen LogP contribution in [0, 0.1) is 21.4 Å². The second kappa shape index (κ2) is 8.76. The van der Waals surface area contributed by atoms with E-state index in [0.717, 1.165) is 12.2 Å². The molecule has 0 N–H and O–H groups in total. The Hall–Kier alpha value is -2.98. The highest BCUT2D eigenvalue weighted by Gasteiger charge is 2.14. The van der Waals surface area contributed by atoms with Crippen molar-refractivity contribution in [2.24, 2.45) is 10.2 Å². The van der Waals surface area contributed by atoms with Gasteiger partial charge in [-0.05, 0) is 43.3 Å². The van der Waals surface area contributed by atoms with E-state index >= 15 is 0 Å². The van der Waals surface area contributed by atoms with Gasteiger partial charge in [-0.2, -0.15) is 10.4 Å². The first-order chi connectivity index (χ1) is 12.0. The highest BCUT2D eigenvalue weighted by Crippen LogP contribution is 2.31. The highest BCUT2D eigenvalue weighted by molar-refractivity contribution is 6.30. The summed E-state index contributed by atoms with van der Waals surface area (Å²) < 4.78 is 0. The maximum Gasteiger partial charge on any atom is 0.298 e. The smallest absolute Gasteiger partial charge is 0.298 e. The number of anilines is 1. The fourth-order valence-electron chi connectivity index (χ4n) is 2.22. The second-order valence-electron chi connectivity index (χ2n) is 5.09. The summed E-state index contributed by atoms with van der Waals surface area (Å²) in [6, 6.07) is 13.7. The van der Waals surface area contributed by atoms with Crippen LogP contribution in [-0.2, 0) is 0 Å². The predicted molar refractivity (Wildman–Crippen MR) is 96.8 cm³/mol. The van der Waals surface area contributed by atoms with Gasteiger partial charge in [0.1, 0.15) is 0 Å². The molecule has 0 fully saturated rings. The van der Waals surface area contributed by atoms with Crippen molar-refractivity contribution in [2.45, 2.75) is 13.3 Å².